The predicted octanol–water partition coefficient (Wildman–Crippen LogP) is 3.21. The lowest BCUT2D eigenvalue weighted by molar-refractivity contribution is 0.299. The minimum absolute atomic E-state index is 0.710. The number of nitrogens with one attached hydrogen (secondary N) is 1. The zero-order valence-corrected chi connectivity index (χ0v) is 15.5. The Morgan fingerprint density at radius 3 is 2.44 bits per heavy atom. The Morgan fingerprint density at radius 2 is 1.76 bits per heavy atom. The quantitative estimate of drug-likeness (QED) is 0.677. The van der Waals surface area contributed by atoms with Gasteiger partial charge in [-0.2, -0.15) is 0 Å². The normalized spacial score (nSPS) is 29.8. The number of rotatable bonds is 3. The van der Waals surface area contributed by atoms with E-state index >= 15 is 0 Å². The summed E-state index contributed by atoms with van der Waals surface area (Å²) in [5.41, 5.74) is 1.36. The minimum atomic E-state index is 0.710. The van der Waals surface area contributed by atoms with Crippen LogP contribution in [-0.4, -0.2) is 50.6 Å². The van der Waals surface area contributed by atoms with E-state index < -0.39 is 0 Å². The second kappa shape index (κ2) is 7.67. The van der Waals surface area contributed by atoms with Crippen molar-refractivity contribution in [2.75, 3.05) is 44.7 Å². The van der Waals surface area contributed by atoms with Crippen molar-refractivity contribution in [2.24, 2.45) is 22.7 Å². The van der Waals surface area contributed by atoms with Crippen molar-refractivity contribution >= 4 is 11.6 Å². The lowest BCUT2D eigenvalue weighted by Crippen LogP contribution is -2.42. The molecule has 4 rings (SSSR count). The molecule has 2 heterocycles. The van der Waals surface area contributed by atoms with Gasteiger partial charge in [0.25, 0.3) is 0 Å². The number of likely N-dealkylation sites (tertiary alicyclic amines) is 1. The van der Waals surface area contributed by atoms with Crippen molar-refractivity contribution in [2.45, 2.75) is 32.1 Å². The number of guanidine groups is 1. The number of fused-ring (bicyclic) bond motifs is 1. The molecule has 3 unspecified atom stereocenters. The highest BCUT2D eigenvalue weighted by Gasteiger charge is 2.35. The average Bonchev–Trinajstić information content (AvgIpc) is 3.30. The minimum Gasteiger partial charge on any atom is -0.371 e. The maximum Gasteiger partial charge on any atom is 0.193 e. The molecule has 0 radical (unpaired) electrons. The Hall–Kier alpha value is -1.71. The zero-order chi connectivity index (χ0) is 17.1. The van der Waals surface area contributed by atoms with Crippen LogP contribution < -0.4 is 10.2 Å². The monoisotopic (exact) mass is 340 g/mol. The van der Waals surface area contributed by atoms with E-state index in [4.69, 9.17) is 0 Å². The van der Waals surface area contributed by atoms with E-state index in [0.717, 1.165) is 30.9 Å². The molecule has 1 aromatic rings. The molecule has 1 saturated carbocycles. The fraction of sp³-hybridized carbons (Fsp3) is 0.667. The molecule has 25 heavy (non-hydrogen) atoms. The molecular formula is C21H32N4. The second-order valence-electron chi connectivity index (χ2n) is 8.07. The standard InChI is InChI=1S/C21H32N4/c1-22-21(25-15-18-7-5-6-8-19(18)16-25)23-13-17-11-12-24(14-17)20-9-3-2-4-10-20/h2-4,9-10,17-19H,5-8,11-16H2,1H3,(H,22,23). The van der Waals surface area contributed by atoms with Crippen LogP contribution in [0.1, 0.15) is 32.1 Å². The van der Waals surface area contributed by atoms with Crippen LogP contribution >= 0.6 is 0 Å². The Morgan fingerprint density at radius 1 is 1.04 bits per heavy atom. The first-order chi connectivity index (χ1) is 12.3. The third-order valence-electron chi connectivity index (χ3n) is 6.44. The first-order valence-electron chi connectivity index (χ1n) is 10.1. The average molecular weight is 341 g/mol. The van der Waals surface area contributed by atoms with Gasteiger partial charge in [0.05, 0.1) is 0 Å². The van der Waals surface area contributed by atoms with Crippen LogP contribution in [0.4, 0.5) is 5.69 Å². The van der Waals surface area contributed by atoms with Crippen molar-refractivity contribution < 1.29 is 0 Å². The number of hydrogen-bond donors (Lipinski definition) is 1. The fourth-order valence-corrected chi connectivity index (χ4v) is 5.02. The van der Waals surface area contributed by atoms with Gasteiger partial charge in [-0.3, -0.25) is 4.99 Å². The van der Waals surface area contributed by atoms with Crippen LogP contribution in [0.3, 0.4) is 0 Å². The molecule has 2 saturated heterocycles. The maximum absolute atomic E-state index is 4.58. The van der Waals surface area contributed by atoms with Gasteiger partial charge in [0, 0.05) is 45.5 Å². The maximum atomic E-state index is 4.58. The largest absolute Gasteiger partial charge is 0.371 e. The van der Waals surface area contributed by atoms with Crippen molar-refractivity contribution in [1.82, 2.24) is 10.2 Å². The second-order valence-corrected chi connectivity index (χ2v) is 8.07. The molecule has 4 heteroatoms. The van der Waals surface area contributed by atoms with Crippen LogP contribution in [0.15, 0.2) is 35.3 Å². The van der Waals surface area contributed by atoms with E-state index in [-0.39, 0.29) is 0 Å². The Kier molecular flexibility index (Phi) is 5.14. The summed E-state index contributed by atoms with van der Waals surface area (Å²) >= 11 is 0. The molecule has 1 aromatic carbocycles. The molecule has 0 spiro atoms. The number of aliphatic imine (C=N–C) groups is 1. The summed E-state index contributed by atoms with van der Waals surface area (Å²) in [7, 11) is 1.94. The molecule has 3 atom stereocenters. The first-order valence-corrected chi connectivity index (χ1v) is 10.1. The van der Waals surface area contributed by atoms with Gasteiger partial charge in [-0.1, -0.05) is 31.0 Å². The molecule has 1 aliphatic carbocycles. The molecule has 4 nitrogen and oxygen atoms in total. The van der Waals surface area contributed by atoms with Crippen LogP contribution in [0.2, 0.25) is 0 Å². The molecule has 0 amide bonds. The zero-order valence-electron chi connectivity index (χ0n) is 15.5. The number of anilines is 1. The summed E-state index contributed by atoms with van der Waals surface area (Å²) in [6, 6.07) is 10.8. The number of nitrogens with zero attached hydrogens (tertiary/aromatic N) is 3. The molecule has 1 N–H and O–H groups in total. The van der Waals surface area contributed by atoms with Gasteiger partial charge in [0.1, 0.15) is 0 Å². The summed E-state index contributed by atoms with van der Waals surface area (Å²) in [4.78, 5) is 9.62. The molecular weight excluding hydrogens is 308 g/mol. The van der Waals surface area contributed by atoms with Crippen molar-refractivity contribution in [3.05, 3.63) is 30.3 Å². The van der Waals surface area contributed by atoms with E-state index in [9.17, 15) is 0 Å². The van der Waals surface area contributed by atoms with Crippen LogP contribution in [0.5, 0.6) is 0 Å². The third kappa shape index (κ3) is 3.78. The highest BCUT2D eigenvalue weighted by atomic mass is 15.3. The Labute approximate surface area is 152 Å². The lowest BCUT2D eigenvalue weighted by Gasteiger charge is -2.23. The van der Waals surface area contributed by atoms with Gasteiger partial charge >= 0.3 is 0 Å². The van der Waals surface area contributed by atoms with Gasteiger partial charge in [-0.15, -0.1) is 0 Å². The van der Waals surface area contributed by atoms with E-state index in [2.05, 4.69) is 50.4 Å². The number of benzene rings is 1. The number of hydrogen-bond acceptors (Lipinski definition) is 2. The molecule has 0 aromatic heterocycles. The van der Waals surface area contributed by atoms with Crippen molar-refractivity contribution in [1.29, 1.82) is 0 Å². The summed E-state index contributed by atoms with van der Waals surface area (Å²) in [5, 5.41) is 3.68. The Balaban J connectivity index is 1.28. The molecule has 2 aliphatic heterocycles. The first kappa shape index (κ1) is 16.7. The Bertz CT molecular complexity index is 571. The van der Waals surface area contributed by atoms with E-state index in [1.807, 2.05) is 7.05 Å². The van der Waals surface area contributed by atoms with Crippen LogP contribution in [0, 0.1) is 17.8 Å². The van der Waals surface area contributed by atoms with Crippen LogP contribution in [-0.2, 0) is 0 Å². The highest BCUT2D eigenvalue weighted by molar-refractivity contribution is 5.80. The van der Waals surface area contributed by atoms with Gasteiger partial charge in [0.2, 0.25) is 0 Å². The number of para-hydroxylation sites is 1. The summed E-state index contributed by atoms with van der Waals surface area (Å²) in [6.45, 7) is 5.79. The topological polar surface area (TPSA) is 30.9 Å². The third-order valence-corrected chi connectivity index (χ3v) is 6.44. The van der Waals surface area contributed by atoms with Crippen LogP contribution in [0.25, 0.3) is 0 Å². The van der Waals surface area contributed by atoms with Gasteiger partial charge in [-0.05, 0) is 49.1 Å². The predicted molar refractivity (Wildman–Crippen MR) is 105 cm³/mol. The van der Waals surface area contributed by atoms with Gasteiger partial charge in [0.15, 0.2) is 5.96 Å². The van der Waals surface area contributed by atoms with Gasteiger partial charge < -0.3 is 15.1 Å². The van der Waals surface area contributed by atoms with Gasteiger partial charge in [-0.25, -0.2) is 0 Å². The molecule has 0 bridgehead atoms. The smallest absolute Gasteiger partial charge is 0.193 e. The lowest BCUT2D eigenvalue weighted by atomic mass is 9.82. The van der Waals surface area contributed by atoms with E-state index in [1.54, 1.807) is 0 Å². The molecule has 3 fully saturated rings. The molecule has 136 valence electrons. The summed E-state index contributed by atoms with van der Waals surface area (Å²) in [6.07, 6.45) is 6.97. The fourth-order valence-electron chi connectivity index (χ4n) is 5.02. The van der Waals surface area contributed by atoms with E-state index in [0.29, 0.717) is 5.92 Å². The highest BCUT2D eigenvalue weighted by Crippen LogP contribution is 2.36. The summed E-state index contributed by atoms with van der Waals surface area (Å²) in [5.74, 6) is 3.66. The summed E-state index contributed by atoms with van der Waals surface area (Å²) < 4.78 is 0. The van der Waals surface area contributed by atoms with E-state index in [1.165, 1.54) is 57.4 Å². The van der Waals surface area contributed by atoms with Crippen molar-refractivity contribution in [3.63, 3.8) is 0 Å². The molecule has 3 aliphatic rings. The SMILES string of the molecule is CN=C(NCC1CCN(c2ccccc2)C1)N1CC2CCCCC2C1. The van der Waals surface area contributed by atoms with Crippen molar-refractivity contribution in [3.8, 4) is 0 Å².